The van der Waals surface area contributed by atoms with Gasteiger partial charge in [0.15, 0.2) is 0 Å². The second-order valence-electron chi connectivity index (χ2n) is 4.27. The Morgan fingerprint density at radius 2 is 2.00 bits per heavy atom. The fourth-order valence-electron chi connectivity index (χ4n) is 1.76. The molecule has 0 radical (unpaired) electrons. The smallest absolute Gasteiger partial charge is 0.243 e. The molecule has 0 saturated carbocycles. The van der Waals surface area contributed by atoms with Crippen LogP contribution in [-0.2, 0) is 16.6 Å². The topological polar surface area (TPSA) is 63.4 Å². The first-order valence-electron chi connectivity index (χ1n) is 5.85. The van der Waals surface area contributed by atoms with Gasteiger partial charge in [0.1, 0.15) is 0 Å². The number of sulfonamides is 1. The van der Waals surface area contributed by atoms with Gasteiger partial charge in [-0.05, 0) is 25.5 Å². The first-order chi connectivity index (χ1) is 8.45. The van der Waals surface area contributed by atoms with Crippen LogP contribution in [0.3, 0.4) is 0 Å². The minimum atomic E-state index is -3.52. The number of nitrogens with zero attached hydrogens (tertiary/aromatic N) is 1. The van der Waals surface area contributed by atoms with Gasteiger partial charge in [-0.25, -0.2) is 8.42 Å². The molecule has 0 amide bonds. The molecule has 5 heteroatoms. The van der Waals surface area contributed by atoms with Crippen molar-refractivity contribution in [3.05, 3.63) is 42.5 Å². The number of hydrogen-bond donors (Lipinski definition) is 1. The molecule has 4 nitrogen and oxygen atoms in total. The maximum atomic E-state index is 12.6. The van der Waals surface area contributed by atoms with Gasteiger partial charge >= 0.3 is 0 Å². The van der Waals surface area contributed by atoms with E-state index >= 15 is 0 Å². The van der Waals surface area contributed by atoms with Gasteiger partial charge in [-0.15, -0.1) is 6.58 Å². The van der Waals surface area contributed by atoms with Crippen molar-refractivity contribution in [2.45, 2.75) is 31.3 Å². The summed E-state index contributed by atoms with van der Waals surface area (Å²) in [6.45, 7) is 7.78. The fraction of sp³-hybridized carbons (Fsp3) is 0.385. The lowest BCUT2D eigenvalue weighted by Crippen LogP contribution is -2.37. The van der Waals surface area contributed by atoms with Gasteiger partial charge in [0, 0.05) is 19.1 Å². The molecule has 0 fully saturated rings. The summed E-state index contributed by atoms with van der Waals surface area (Å²) in [7, 11) is -3.52. The summed E-state index contributed by atoms with van der Waals surface area (Å²) in [5, 5.41) is 0. The van der Waals surface area contributed by atoms with Crippen LogP contribution in [0.2, 0.25) is 0 Å². The SMILES string of the molecule is C=CCN(C(C)C)S(=O)(=O)c1ccccc1CN. The van der Waals surface area contributed by atoms with Crippen LogP contribution in [0.1, 0.15) is 19.4 Å². The van der Waals surface area contributed by atoms with E-state index in [0.717, 1.165) is 0 Å². The first-order valence-corrected chi connectivity index (χ1v) is 7.29. The zero-order valence-electron chi connectivity index (χ0n) is 10.8. The van der Waals surface area contributed by atoms with Crippen molar-refractivity contribution >= 4 is 10.0 Å². The van der Waals surface area contributed by atoms with Gasteiger partial charge in [-0.3, -0.25) is 0 Å². The van der Waals surface area contributed by atoms with Crippen LogP contribution in [0.25, 0.3) is 0 Å². The summed E-state index contributed by atoms with van der Waals surface area (Å²) >= 11 is 0. The van der Waals surface area contributed by atoms with Crippen molar-refractivity contribution in [3.63, 3.8) is 0 Å². The van der Waals surface area contributed by atoms with E-state index in [4.69, 9.17) is 5.73 Å². The van der Waals surface area contributed by atoms with E-state index in [9.17, 15) is 8.42 Å². The van der Waals surface area contributed by atoms with Crippen molar-refractivity contribution < 1.29 is 8.42 Å². The Balaban J connectivity index is 3.30. The van der Waals surface area contributed by atoms with Crippen LogP contribution >= 0.6 is 0 Å². The summed E-state index contributed by atoms with van der Waals surface area (Å²) in [5.41, 5.74) is 6.23. The average Bonchev–Trinajstić information content (AvgIpc) is 2.35. The molecular formula is C13H20N2O2S. The van der Waals surface area contributed by atoms with Gasteiger partial charge in [0.05, 0.1) is 4.90 Å². The third-order valence-corrected chi connectivity index (χ3v) is 4.81. The highest BCUT2D eigenvalue weighted by Crippen LogP contribution is 2.21. The molecule has 0 bridgehead atoms. The third kappa shape index (κ3) is 2.98. The Morgan fingerprint density at radius 3 is 2.50 bits per heavy atom. The van der Waals surface area contributed by atoms with Crippen molar-refractivity contribution in [3.8, 4) is 0 Å². The Labute approximate surface area is 109 Å². The van der Waals surface area contributed by atoms with Crippen molar-refractivity contribution in [2.24, 2.45) is 5.73 Å². The first kappa shape index (κ1) is 14.9. The second-order valence-corrected chi connectivity index (χ2v) is 6.13. The summed E-state index contributed by atoms with van der Waals surface area (Å²) in [6.07, 6.45) is 1.59. The third-order valence-electron chi connectivity index (χ3n) is 2.66. The molecule has 0 spiro atoms. The number of benzene rings is 1. The highest BCUT2D eigenvalue weighted by molar-refractivity contribution is 7.89. The Bertz CT molecular complexity index is 509. The van der Waals surface area contributed by atoms with Crippen molar-refractivity contribution in [2.75, 3.05) is 6.54 Å². The Hall–Kier alpha value is -1.17. The minimum absolute atomic E-state index is 0.126. The van der Waals surface area contributed by atoms with Gasteiger partial charge in [0.2, 0.25) is 10.0 Å². The van der Waals surface area contributed by atoms with Crippen LogP contribution in [0, 0.1) is 0 Å². The highest BCUT2D eigenvalue weighted by Gasteiger charge is 2.27. The number of hydrogen-bond acceptors (Lipinski definition) is 3. The van der Waals surface area contributed by atoms with Crippen LogP contribution in [0.15, 0.2) is 41.8 Å². The van der Waals surface area contributed by atoms with Gasteiger partial charge in [-0.1, -0.05) is 24.3 Å². The lowest BCUT2D eigenvalue weighted by atomic mass is 10.2. The van der Waals surface area contributed by atoms with Crippen LogP contribution in [0.5, 0.6) is 0 Å². The van der Waals surface area contributed by atoms with E-state index in [1.807, 2.05) is 13.8 Å². The maximum absolute atomic E-state index is 12.6. The van der Waals surface area contributed by atoms with E-state index in [0.29, 0.717) is 12.1 Å². The quantitative estimate of drug-likeness (QED) is 0.799. The van der Waals surface area contributed by atoms with E-state index in [1.54, 1.807) is 30.3 Å². The normalized spacial score (nSPS) is 12.1. The van der Waals surface area contributed by atoms with E-state index < -0.39 is 10.0 Å². The summed E-state index contributed by atoms with van der Waals surface area (Å²) in [5.74, 6) is 0. The predicted molar refractivity (Wildman–Crippen MR) is 73.6 cm³/mol. The van der Waals surface area contributed by atoms with Crippen molar-refractivity contribution in [1.29, 1.82) is 0 Å². The summed E-state index contributed by atoms with van der Waals surface area (Å²) in [6, 6.07) is 6.70. The molecule has 1 aromatic rings. The monoisotopic (exact) mass is 268 g/mol. The largest absolute Gasteiger partial charge is 0.326 e. The Morgan fingerprint density at radius 1 is 1.39 bits per heavy atom. The molecule has 0 atom stereocenters. The van der Waals surface area contributed by atoms with Crippen LogP contribution in [-0.4, -0.2) is 25.3 Å². The molecule has 0 aliphatic heterocycles. The molecule has 0 unspecified atom stereocenters. The molecule has 0 aliphatic rings. The lowest BCUT2D eigenvalue weighted by Gasteiger charge is -2.25. The van der Waals surface area contributed by atoms with Gasteiger partial charge < -0.3 is 5.73 Å². The zero-order valence-corrected chi connectivity index (χ0v) is 11.7. The lowest BCUT2D eigenvalue weighted by molar-refractivity contribution is 0.382. The van der Waals surface area contributed by atoms with Gasteiger partial charge in [0.25, 0.3) is 0 Å². The highest BCUT2D eigenvalue weighted by atomic mass is 32.2. The average molecular weight is 268 g/mol. The molecule has 2 N–H and O–H groups in total. The van der Waals surface area contributed by atoms with E-state index in [1.165, 1.54) is 4.31 Å². The predicted octanol–water partition coefficient (Wildman–Crippen LogP) is 1.73. The van der Waals surface area contributed by atoms with Crippen LogP contribution in [0.4, 0.5) is 0 Å². The minimum Gasteiger partial charge on any atom is -0.326 e. The standard InChI is InChI=1S/C13H20N2O2S/c1-4-9-15(11(2)3)18(16,17)13-8-6-5-7-12(13)10-14/h4-8,11H,1,9-10,14H2,2-3H3. The van der Waals surface area contributed by atoms with E-state index in [-0.39, 0.29) is 17.5 Å². The van der Waals surface area contributed by atoms with Crippen molar-refractivity contribution in [1.82, 2.24) is 4.31 Å². The summed E-state index contributed by atoms with van der Waals surface area (Å²) in [4.78, 5) is 0.281. The molecule has 0 saturated heterocycles. The number of nitrogens with two attached hydrogens (primary N) is 1. The fourth-order valence-corrected chi connectivity index (χ4v) is 3.61. The van der Waals surface area contributed by atoms with Crippen LogP contribution < -0.4 is 5.73 Å². The molecular weight excluding hydrogens is 248 g/mol. The maximum Gasteiger partial charge on any atom is 0.243 e. The number of rotatable bonds is 6. The Kier molecular flexibility index (Phi) is 5.07. The molecule has 0 heterocycles. The molecule has 18 heavy (non-hydrogen) atoms. The second kappa shape index (κ2) is 6.13. The molecule has 0 aliphatic carbocycles. The molecule has 1 rings (SSSR count). The van der Waals surface area contributed by atoms with Gasteiger partial charge in [-0.2, -0.15) is 4.31 Å². The molecule has 0 aromatic heterocycles. The zero-order chi connectivity index (χ0) is 13.8. The molecule has 1 aromatic carbocycles. The van der Waals surface area contributed by atoms with E-state index in [2.05, 4.69) is 6.58 Å². The summed E-state index contributed by atoms with van der Waals surface area (Å²) < 4.78 is 26.5. The molecule has 100 valence electrons.